The minimum absolute atomic E-state index is 0.378. The zero-order valence-corrected chi connectivity index (χ0v) is 12.3. The summed E-state index contributed by atoms with van der Waals surface area (Å²) in [6, 6.07) is 2.94. The molecule has 0 unspecified atom stereocenters. The van der Waals surface area contributed by atoms with E-state index in [2.05, 4.69) is 21.8 Å². The van der Waals surface area contributed by atoms with E-state index in [-0.39, 0.29) is 0 Å². The van der Waals surface area contributed by atoms with Gasteiger partial charge in [-0.15, -0.1) is 0 Å². The summed E-state index contributed by atoms with van der Waals surface area (Å²) in [5.74, 6) is 1.02. The molecule has 0 amide bonds. The fraction of sp³-hybridized carbons (Fsp3) is 0.600. The van der Waals surface area contributed by atoms with Crippen molar-refractivity contribution in [2.45, 2.75) is 44.7 Å². The Balaban J connectivity index is 1.95. The number of pyridine rings is 1. The van der Waals surface area contributed by atoms with Crippen molar-refractivity contribution in [3.63, 3.8) is 0 Å². The fourth-order valence-electron chi connectivity index (χ4n) is 3.25. The van der Waals surface area contributed by atoms with E-state index < -0.39 is 0 Å². The number of fused-ring (bicyclic) bond motifs is 1. The average molecular weight is 273 g/mol. The quantitative estimate of drug-likeness (QED) is 0.930. The molecule has 0 bridgehead atoms. The second-order valence-corrected chi connectivity index (χ2v) is 5.71. The van der Waals surface area contributed by atoms with Gasteiger partial charge in [-0.2, -0.15) is 0 Å². The highest BCUT2D eigenvalue weighted by molar-refractivity contribution is 5.86. The van der Waals surface area contributed by atoms with Crippen molar-refractivity contribution in [1.82, 2.24) is 14.5 Å². The van der Waals surface area contributed by atoms with Crippen LogP contribution in [-0.2, 0) is 7.05 Å². The highest BCUT2D eigenvalue weighted by Gasteiger charge is 2.25. The Morgan fingerprint density at radius 1 is 1.30 bits per heavy atom. The first kappa shape index (κ1) is 13.4. The van der Waals surface area contributed by atoms with Crippen LogP contribution in [0.1, 0.15) is 32.6 Å². The van der Waals surface area contributed by atoms with Crippen LogP contribution in [0.25, 0.3) is 11.0 Å². The number of aryl methyl sites for hydroxylation is 1. The largest absolute Gasteiger partial charge is 0.352 e. The van der Waals surface area contributed by atoms with Gasteiger partial charge < -0.3 is 15.2 Å². The van der Waals surface area contributed by atoms with Crippen LogP contribution in [0, 0.1) is 0 Å². The van der Waals surface area contributed by atoms with Gasteiger partial charge in [0, 0.05) is 31.9 Å². The maximum Gasteiger partial charge on any atom is 0.156 e. The molecule has 3 rings (SSSR count). The lowest BCUT2D eigenvalue weighted by molar-refractivity contribution is 0.377. The van der Waals surface area contributed by atoms with Crippen molar-refractivity contribution in [3.05, 3.63) is 18.6 Å². The van der Waals surface area contributed by atoms with Crippen molar-refractivity contribution < 1.29 is 0 Å². The summed E-state index contributed by atoms with van der Waals surface area (Å²) in [4.78, 5) is 11.5. The molecule has 2 aromatic heterocycles. The van der Waals surface area contributed by atoms with E-state index >= 15 is 0 Å². The van der Waals surface area contributed by atoms with E-state index in [0.29, 0.717) is 12.1 Å². The Bertz CT molecular complexity index is 583. The third-order valence-electron chi connectivity index (χ3n) is 4.42. The van der Waals surface area contributed by atoms with Gasteiger partial charge in [-0.1, -0.05) is 0 Å². The Labute approximate surface area is 119 Å². The third-order valence-corrected chi connectivity index (χ3v) is 4.42. The van der Waals surface area contributed by atoms with Crippen molar-refractivity contribution >= 4 is 16.9 Å². The number of hydrogen-bond donors (Lipinski definition) is 1. The summed E-state index contributed by atoms with van der Waals surface area (Å²) in [5.41, 5.74) is 8.17. The molecule has 1 fully saturated rings. The minimum atomic E-state index is 0.378. The molecule has 0 atom stereocenters. The highest BCUT2D eigenvalue weighted by Crippen LogP contribution is 2.29. The topological polar surface area (TPSA) is 60.0 Å². The number of aromatic nitrogens is 3. The molecule has 0 aliphatic heterocycles. The van der Waals surface area contributed by atoms with E-state index in [1.807, 2.05) is 30.2 Å². The smallest absolute Gasteiger partial charge is 0.156 e. The first-order valence-electron chi connectivity index (χ1n) is 7.49. The Hall–Kier alpha value is -1.62. The van der Waals surface area contributed by atoms with Gasteiger partial charge in [0.25, 0.3) is 0 Å². The van der Waals surface area contributed by atoms with Crippen LogP contribution >= 0.6 is 0 Å². The van der Waals surface area contributed by atoms with Crippen LogP contribution in [0.5, 0.6) is 0 Å². The zero-order chi connectivity index (χ0) is 14.1. The molecule has 108 valence electrons. The Kier molecular flexibility index (Phi) is 3.61. The summed E-state index contributed by atoms with van der Waals surface area (Å²) < 4.78 is 2.05. The van der Waals surface area contributed by atoms with E-state index in [4.69, 9.17) is 5.73 Å². The predicted octanol–water partition coefficient (Wildman–Crippen LogP) is 2.06. The number of hydrogen-bond acceptors (Lipinski definition) is 4. The molecule has 1 saturated carbocycles. The van der Waals surface area contributed by atoms with Crippen molar-refractivity contribution in [1.29, 1.82) is 0 Å². The summed E-state index contributed by atoms with van der Waals surface area (Å²) in [6.45, 7) is 3.15. The fourth-order valence-corrected chi connectivity index (χ4v) is 3.25. The second-order valence-electron chi connectivity index (χ2n) is 5.71. The standard InChI is InChI=1S/C15H23N5/c1-3-20(12-6-4-11(16)5-7-12)15-14-13(8-9-17-15)19(2)10-18-14/h8-12H,3-7,16H2,1-2H3. The summed E-state index contributed by atoms with van der Waals surface area (Å²) in [6.07, 6.45) is 8.27. The van der Waals surface area contributed by atoms with Crippen LogP contribution < -0.4 is 10.6 Å². The molecule has 0 saturated heterocycles. The summed E-state index contributed by atoms with van der Waals surface area (Å²) >= 11 is 0. The summed E-state index contributed by atoms with van der Waals surface area (Å²) in [7, 11) is 2.02. The van der Waals surface area contributed by atoms with Gasteiger partial charge in [0.1, 0.15) is 5.52 Å². The first-order valence-corrected chi connectivity index (χ1v) is 7.49. The lowest BCUT2D eigenvalue weighted by atomic mass is 9.90. The normalized spacial score (nSPS) is 23.1. The van der Waals surface area contributed by atoms with Crippen LogP contribution in [0.4, 0.5) is 5.82 Å². The van der Waals surface area contributed by atoms with Gasteiger partial charge in [-0.25, -0.2) is 9.97 Å². The number of nitrogens with two attached hydrogens (primary N) is 1. The Morgan fingerprint density at radius 2 is 2.05 bits per heavy atom. The molecule has 1 aliphatic rings. The lowest BCUT2D eigenvalue weighted by Crippen LogP contribution is -2.41. The second kappa shape index (κ2) is 5.40. The molecular weight excluding hydrogens is 250 g/mol. The molecule has 0 radical (unpaired) electrons. The minimum Gasteiger partial charge on any atom is -0.352 e. The molecule has 2 aromatic rings. The first-order chi connectivity index (χ1) is 9.70. The van der Waals surface area contributed by atoms with Crippen molar-refractivity contribution in [2.75, 3.05) is 11.4 Å². The highest BCUT2D eigenvalue weighted by atomic mass is 15.2. The van der Waals surface area contributed by atoms with Gasteiger partial charge in [-0.05, 0) is 38.7 Å². The van der Waals surface area contributed by atoms with E-state index in [9.17, 15) is 0 Å². The molecule has 0 spiro atoms. The van der Waals surface area contributed by atoms with Gasteiger partial charge in [-0.3, -0.25) is 0 Å². The van der Waals surface area contributed by atoms with E-state index in [0.717, 1.165) is 49.1 Å². The van der Waals surface area contributed by atoms with Crippen molar-refractivity contribution in [2.24, 2.45) is 12.8 Å². The average Bonchev–Trinajstić information content (AvgIpc) is 2.84. The predicted molar refractivity (Wildman–Crippen MR) is 81.8 cm³/mol. The zero-order valence-electron chi connectivity index (χ0n) is 12.3. The summed E-state index contributed by atoms with van der Waals surface area (Å²) in [5, 5.41) is 0. The number of rotatable bonds is 3. The van der Waals surface area contributed by atoms with Gasteiger partial charge >= 0.3 is 0 Å². The van der Waals surface area contributed by atoms with E-state index in [1.165, 1.54) is 0 Å². The van der Waals surface area contributed by atoms with Crippen molar-refractivity contribution in [3.8, 4) is 0 Å². The van der Waals surface area contributed by atoms with E-state index in [1.54, 1.807) is 0 Å². The van der Waals surface area contributed by atoms with Gasteiger partial charge in [0.15, 0.2) is 5.82 Å². The molecule has 20 heavy (non-hydrogen) atoms. The number of anilines is 1. The monoisotopic (exact) mass is 273 g/mol. The molecular formula is C15H23N5. The molecule has 5 nitrogen and oxygen atoms in total. The molecule has 0 aromatic carbocycles. The SMILES string of the molecule is CCN(c1nccc2c1ncn2C)C1CCC(N)CC1. The maximum atomic E-state index is 6.02. The van der Waals surface area contributed by atoms with Gasteiger partial charge in [0.2, 0.25) is 0 Å². The molecule has 2 heterocycles. The number of imidazole rings is 1. The molecule has 5 heteroatoms. The molecule has 2 N–H and O–H groups in total. The Morgan fingerprint density at radius 3 is 2.75 bits per heavy atom. The maximum absolute atomic E-state index is 6.02. The van der Waals surface area contributed by atoms with Crippen LogP contribution in [0.3, 0.4) is 0 Å². The van der Waals surface area contributed by atoms with Crippen LogP contribution in [0.15, 0.2) is 18.6 Å². The van der Waals surface area contributed by atoms with Crippen LogP contribution in [-0.4, -0.2) is 33.2 Å². The third kappa shape index (κ3) is 2.26. The van der Waals surface area contributed by atoms with Gasteiger partial charge in [0.05, 0.1) is 11.8 Å². The number of nitrogens with zero attached hydrogens (tertiary/aromatic N) is 4. The molecule has 1 aliphatic carbocycles. The van der Waals surface area contributed by atoms with Crippen LogP contribution in [0.2, 0.25) is 0 Å². The lowest BCUT2D eigenvalue weighted by Gasteiger charge is -2.36.